The highest BCUT2D eigenvalue weighted by atomic mass is 19.1. The molecule has 2 aromatic carbocycles. The first-order chi connectivity index (χ1) is 14.8. The number of amides is 2. The highest BCUT2D eigenvalue weighted by molar-refractivity contribution is 5.99. The molecule has 0 aliphatic rings. The molecule has 1 N–H and O–H groups in total. The van der Waals surface area contributed by atoms with Gasteiger partial charge in [0.15, 0.2) is 18.0 Å². The van der Waals surface area contributed by atoms with Gasteiger partial charge in [-0.15, -0.1) is 0 Å². The smallest absolute Gasteiger partial charge is 0.375 e. The van der Waals surface area contributed by atoms with Crippen LogP contribution in [0, 0.1) is 12.7 Å². The molecule has 2 amide bonds. The van der Waals surface area contributed by atoms with E-state index in [-0.39, 0.29) is 17.3 Å². The average molecular weight is 426 g/mol. The Morgan fingerprint density at radius 3 is 2.35 bits per heavy atom. The van der Waals surface area contributed by atoms with Crippen molar-refractivity contribution in [2.75, 3.05) is 25.0 Å². The van der Waals surface area contributed by atoms with Gasteiger partial charge in [0.2, 0.25) is 5.76 Å². The van der Waals surface area contributed by atoms with E-state index < -0.39 is 24.3 Å². The van der Waals surface area contributed by atoms with Crippen molar-refractivity contribution in [1.29, 1.82) is 0 Å². The maximum absolute atomic E-state index is 13.8. The predicted molar refractivity (Wildman–Crippen MR) is 114 cm³/mol. The van der Waals surface area contributed by atoms with E-state index in [1.54, 1.807) is 42.2 Å². The van der Waals surface area contributed by atoms with Gasteiger partial charge in [0.1, 0.15) is 0 Å². The van der Waals surface area contributed by atoms with Crippen molar-refractivity contribution in [3.63, 3.8) is 0 Å². The minimum Gasteiger partial charge on any atom is -0.450 e. The Hall–Kier alpha value is -3.68. The maximum Gasteiger partial charge on any atom is 0.375 e. The predicted octanol–water partition coefficient (Wildman–Crippen LogP) is 4.16. The average Bonchev–Trinajstić information content (AvgIpc) is 3.11. The number of rotatable bonds is 7. The zero-order valence-electron chi connectivity index (χ0n) is 17.5. The summed E-state index contributed by atoms with van der Waals surface area (Å²) in [5.41, 5.74) is 1.38. The molecule has 0 aliphatic carbocycles. The van der Waals surface area contributed by atoms with Crippen LogP contribution in [0.4, 0.5) is 10.1 Å². The summed E-state index contributed by atoms with van der Waals surface area (Å²) in [6, 6.07) is 10.8. The topological polar surface area (TPSA) is 88.9 Å². The standard InChI is InChI=1S/C23H23FN2O5/c1-4-26(5-2)22(28)15-9-11-16(12-10-15)25-19(27)13-30-23(29)20-14(3)17-7-6-8-18(24)21(17)31-20/h6-12H,4-5,13H2,1-3H3,(H,25,27). The number of fused-ring (bicyclic) bond motifs is 1. The molecule has 0 spiro atoms. The van der Waals surface area contributed by atoms with Crippen LogP contribution in [-0.4, -0.2) is 42.4 Å². The number of carbonyl (C=O) groups is 3. The zero-order valence-corrected chi connectivity index (χ0v) is 17.5. The van der Waals surface area contributed by atoms with E-state index in [0.29, 0.717) is 35.3 Å². The highest BCUT2D eigenvalue weighted by Crippen LogP contribution is 2.27. The Labute approximate surface area is 178 Å². The van der Waals surface area contributed by atoms with Crippen molar-refractivity contribution >= 4 is 34.4 Å². The summed E-state index contributed by atoms with van der Waals surface area (Å²) in [5.74, 6) is -2.23. The Balaban J connectivity index is 1.59. The molecule has 0 radical (unpaired) electrons. The highest BCUT2D eigenvalue weighted by Gasteiger charge is 2.21. The van der Waals surface area contributed by atoms with Gasteiger partial charge in [0.05, 0.1) is 0 Å². The van der Waals surface area contributed by atoms with E-state index in [2.05, 4.69) is 5.32 Å². The minimum absolute atomic E-state index is 0.0317. The van der Waals surface area contributed by atoms with Gasteiger partial charge in [-0.1, -0.05) is 12.1 Å². The molecule has 0 atom stereocenters. The first-order valence-corrected chi connectivity index (χ1v) is 9.89. The molecular weight excluding hydrogens is 403 g/mol. The number of para-hydroxylation sites is 1. The molecule has 3 rings (SSSR count). The number of anilines is 1. The summed E-state index contributed by atoms with van der Waals surface area (Å²) < 4.78 is 24.1. The molecule has 7 nitrogen and oxygen atoms in total. The molecule has 0 bridgehead atoms. The van der Waals surface area contributed by atoms with Crippen molar-refractivity contribution in [2.24, 2.45) is 0 Å². The Morgan fingerprint density at radius 2 is 1.74 bits per heavy atom. The lowest BCUT2D eigenvalue weighted by Crippen LogP contribution is -2.30. The van der Waals surface area contributed by atoms with E-state index in [4.69, 9.17) is 9.15 Å². The van der Waals surface area contributed by atoms with E-state index in [1.807, 2.05) is 13.8 Å². The summed E-state index contributed by atoms with van der Waals surface area (Å²) in [5, 5.41) is 3.06. The van der Waals surface area contributed by atoms with Crippen LogP contribution in [0.1, 0.15) is 40.3 Å². The molecule has 0 saturated heterocycles. The van der Waals surface area contributed by atoms with Gasteiger partial charge in [-0.3, -0.25) is 9.59 Å². The molecule has 3 aromatic rings. The number of hydrogen-bond acceptors (Lipinski definition) is 5. The molecule has 0 fully saturated rings. The van der Waals surface area contributed by atoms with Gasteiger partial charge in [0, 0.05) is 35.3 Å². The van der Waals surface area contributed by atoms with Gasteiger partial charge in [0.25, 0.3) is 11.8 Å². The lowest BCUT2D eigenvalue weighted by atomic mass is 10.1. The van der Waals surface area contributed by atoms with Crippen molar-refractivity contribution in [2.45, 2.75) is 20.8 Å². The fourth-order valence-electron chi connectivity index (χ4n) is 3.19. The second-order valence-corrected chi connectivity index (χ2v) is 6.85. The van der Waals surface area contributed by atoms with Crippen LogP contribution in [0.15, 0.2) is 46.9 Å². The molecule has 31 heavy (non-hydrogen) atoms. The first-order valence-electron chi connectivity index (χ1n) is 9.89. The number of carbonyl (C=O) groups excluding carboxylic acids is 3. The molecule has 0 saturated carbocycles. The number of halogens is 1. The van der Waals surface area contributed by atoms with E-state index in [1.165, 1.54) is 12.1 Å². The Kier molecular flexibility index (Phi) is 6.69. The second kappa shape index (κ2) is 9.42. The first kappa shape index (κ1) is 22.0. The third-order valence-electron chi connectivity index (χ3n) is 4.90. The molecule has 1 heterocycles. The molecule has 162 valence electrons. The molecule has 0 aliphatic heterocycles. The van der Waals surface area contributed by atoms with Gasteiger partial charge in [-0.2, -0.15) is 0 Å². The summed E-state index contributed by atoms with van der Waals surface area (Å²) in [6.07, 6.45) is 0. The van der Waals surface area contributed by atoms with Crippen LogP contribution >= 0.6 is 0 Å². The lowest BCUT2D eigenvalue weighted by molar-refractivity contribution is -0.119. The normalized spacial score (nSPS) is 10.7. The lowest BCUT2D eigenvalue weighted by Gasteiger charge is -2.18. The number of nitrogens with one attached hydrogen (secondary N) is 1. The monoisotopic (exact) mass is 426 g/mol. The van der Waals surface area contributed by atoms with E-state index >= 15 is 0 Å². The number of furan rings is 1. The summed E-state index contributed by atoms with van der Waals surface area (Å²) >= 11 is 0. The number of hydrogen-bond donors (Lipinski definition) is 1. The van der Waals surface area contributed by atoms with Crippen molar-refractivity contribution < 1.29 is 27.9 Å². The summed E-state index contributed by atoms with van der Waals surface area (Å²) in [4.78, 5) is 38.4. The molecule has 0 unspecified atom stereocenters. The van der Waals surface area contributed by atoms with Crippen LogP contribution in [-0.2, 0) is 9.53 Å². The van der Waals surface area contributed by atoms with Crippen molar-refractivity contribution in [3.8, 4) is 0 Å². The summed E-state index contributed by atoms with van der Waals surface area (Å²) in [7, 11) is 0. The fourth-order valence-corrected chi connectivity index (χ4v) is 3.19. The number of aryl methyl sites for hydroxylation is 1. The third kappa shape index (κ3) is 4.74. The van der Waals surface area contributed by atoms with Crippen LogP contribution < -0.4 is 5.32 Å². The summed E-state index contributed by atoms with van der Waals surface area (Å²) in [6.45, 7) is 6.09. The second-order valence-electron chi connectivity index (χ2n) is 6.85. The van der Waals surface area contributed by atoms with Crippen LogP contribution in [0.2, 0.25) is 0 Å². The SMILES string of the molecule is CCN(CC)C(=O)c1ccc(NC(=O)COC(=O)c2oc3c(F)cccc3c2C)cc1. The van der Waals surface area contributed by atoms with Gasteiger partial charge in [-0.25, -0.2) is 9.18 Å². The Morgan fingerprint density at radius 1 is 1.06 bits per heavy atom. The fraction of sp³-hybridized carbons (Fsp3) is 0.261. The number of ether oxygens (including phenoxy) is 1. The van der Waals surface area contributed by atoms with Gasteiger partial charge >= 0.3 is 5.97 Å². The van der Waals surface area contributed by atoms with E-state index in [0.717, 1.165) is 0 Å². The number of nitrogens with zero attached hydrogens (tertiary/aromatic N) is 1. The largest absolute Gasteiger partial charge is 0.450 e. The Bertz CT molecular complexity index is 1120. The molecule has 8 heteroatoms. The molecular formula is C23H23FN2O5. The number of esters is 1. The van der Waals surface area contributed by atoms with Crippen LogP contribution in [0.3, 0.4) is 0 Å². The van der Waals surface area contributed by atoms with Crippen LogP contribution in [0.5, 0.6) is 0 Å². The number of benzene rings is 2. The minimum atomic E-state index is -0.858. The maximum atomic E-state index is 13.8. The quantitative estimate of drug-likeness (QED) is 0.573. The van der Waals surface area contributed by atoms with Crippen molar-refractivity contribution in [1.82, 2.24) is 4.90 Å². The van der Waals surface area contributed by atoms with Gasteiger partial charge < -0.3 is 19.4 Å². The molecule has 1 aromatic heterocycles. The third-order valence-corrected chi connectivity index (χ3v) is 4.90. The van der Waals surface area contributed by atoms with Crippen LogP contribution in [0.25, 0.3) is 11.0 Å². The van der Waals surface area contributed by atoms with Gasteiger partial charge in [-0.05, 0) is 51.1 Å². The zero-order chi connectivity index (χ0) is 22.5. The van der Waals surface area contributed by atoms with Crippen molar-refractivity contribution in [3.05, 3.63) is 65.2 Å². The van der Waals surface area contributed by atoms with E-state index in [9.17, 15) is 18.8 Å².